The Bertz CT molecular complexity index is 1500. The van der Waals surface area contributed by atoms with Crippen LogP contribution in [0.5, 0.6) is 0 Å². The van der Waals surface area contributed by atoms with Gasteiger partial charge in [-0.1, -0.05) is 78.3 Å². The molecular formula is C28H22ClN3O. The highest BCUT2D eigenvalue weighted by atomic mass is 35.5. The van der Waals surface area contributed by atoms with Gasteiger partial charge in [0.25, 0.3) is 0 Å². The minimum Gasteiger partial charge on any atom is -0.323 e. The Morgan fingerprint density at radius 2 is 1.64 bits per heavy atom. The van der Waals surface area contributed by atoms with E-state index in [1.165, 1.54) is 16.3 Å². The molecule has 1 unspecified atom stereocenters. The van der Waals surface area contributed by atoms with Crippen molar-refractivity contribution in [2.24, 2.45) is 0 Å². The topological polar surface area (TPSA) is 38.1 Å². The molecule has 1 atom stereocenters. The average Bonchev–Trinajstić information content (AvgIpc) is 3.40. The lowest BCUT2D eigenvalue weighted by Gasteiger charge is -2.19. The van der Waals surface area contributed by atoms with Gasteiger partial charge in [-0.05, 0) is 40.6 Å². The van der Waals surface area contributed by atoms with Gasteiger partial charge in [0.1, 0.15) is 5.82 Å². The quantitative estimate of drug-likeness (QED) is 0.316. The van der Waals surface area contributed by atoms with Crippen molar-refractivity contribution < 1.29 is 4.79 Å². The van der Waals surface area contributed by atoms with Gasteiger partial charge in [-0.3, -0.25) is 4.79 Å². The maximum Gasteiger partial charge on any atom is 0.227 e. The number of hydrogen-bond donors (Lipinski definition) is 0. The van der Waals surface area contributed by atoms with E-state index in [0.29, 0.717) is 24.5 Å². The first kappa shape index (κ1) is 20.0. The Morgan fingerprint density at radius 3 is 2.55 bits per heavy atom. The van der Waals surface area contributed by atoms with Crippen molar-refractivity contribution >= 4 is 45.0 Å². The first-order valence-corrected chi connectivity index (χ1v) is 11.5. The number of para-hydroxylation sites is 3. The second-order valence-corrected chi connectivity index (χ2v) is 8.95. The van der Waals surface area contributed by atoms with E-state index in [9.17, 15) is 4.79 Å². The van der Waals surface area contributed by atoms with Crippen LogP contribution in [-0.4, -0.2) is 22.0 Å². The average molecular weight is 452 g/mol. The maximum absolute atomic E-state index is 13.0. The summed E-state index contributed by atoms with van der Waals surface area (Å²) in [6, 6.07) is 30.6. The lowest BCUT2D eigenvalue weighted by atomic mass is 10.0. The molecule has 2 heterocycles. The summed E-state index contributed by atoms with van der Waals surface area (Å²) in [5.41, 5.74) is 4.05. The molecule has 0 spiro atoms. The van der Waals surface area contributed by atoms with Gasteiger partial charge in [0.15, 0.2) is 0 Å². The molecule has 5 aromatic rings. The van der Waals surface area contributed by atoms with Gasteiger partial charge in [0, 0.05) is 25.4 Å². The molecule has 0 saturated carbocycles. The highest BCUT2D eigenvalue weighted by molar-refractivity contribution is 6.33. The van der Waals surface area contributed by atoms with Crippen LogP contribution in [0.4, 0.5) is 5.69 Å². The minimum absolute atomic E-state index is 0.00357. The fourth-order valence-electron chi connectivity index (χ4n) is 4.96. The van der Waals surface area contributed by atoms with Crippen LogP contribution in [-0.2, 0) is 11.3 Å². The highest BCUT2D eigenvalue weighted by Gasteiger charge is 2.35. The molecule has 162 valence electrons. The molecule has 1 fully saturated rings. The summed E-state index contributed by atoms with van der Waals surface area (Å²) >= 11 is 6.41. The van der Waals surface area contributed by atoms with E-state index < -0.39 is 0 Å². The molecule has 0 radical (unpaired) electrons. The summed E-state index contributed by atoms with van der Waals surface area (Å²) in [6.45, 7) is 1.27. The largest absolute Gasteiger partial charge is 0.323 e. The van der Waals surface area contributed by atoms with Crippen molar-refractivity contribution in [3.8, 4) is 0 Å². The van der Waals surface area contributed by atoms with Crippen LogP contribution in [0.2, 0.25) is 5.02 Å². The molecule has 5 heteroatoms. The molecule has 1 saturated heterocycles. The standard InChI is InChI=1S/C28H22ClN3O/c29-23-12-3-5-14-25(23)31-18-21(16-27(31)33)28-30-24-13-4-6-15-26(24)32(28)17-20-10-7-9-19-8-1-2-11-22(19)20/h1-15,21H,16-18H2. The van der Waals surface area contributed by atoms with Crippen molar-refractivity contribution in [3.63, 3.8) is 0 Å². The molecule has 1 amide bonds. The Hall–Kier alpha value is -3.63. The zero-order chi connectivity index (χ0) is 22.4. The van der Waals surface area contributed by atoms with E-state index in [4.69, 9.17) is 16.6 Å². The number of nitrogens with zero attached hydrogens (tertiary/aromatic N) is 3. The fraction of sp³-hybridized carbons (Fsp3) is 0.143. The zero-order valence-corrected chi connectivity index (χ0v) is 18.7. The van der Waals surface area contributed by atoms with Crippen molar-refractivity contribution in [1.82, 2.24) is 9.55 Å². The number of aromatic nitrogens is 2. The number of halogens is 1. The zero-order valence-electron chi connectivity index (χ0n) is 18.0. The van der Waals surface area contributed by atoms with E-state index in [1.807, 2.05) is 42.5 Å². The van der Waals surface area contributed by atoms with Crippen LogP contribution in [0.1, 0.15) is 23.7 Å². The number of amides is 1. The molecule has 1 aliphatic heterocycles. The molecule has 4 nitrogen and oxygen atoms in total. The number of anilines is 1. The maximum atomic E-state index is 13.0. The normalized spacial score (nSPS) is 16.2. The van der Waals surface area contributed by atoms with Gasteiger partial charge < -0.3 is 9.47 Å². The van der Waals surface area contributed by atoms with Gasteiger partial charge in [-0.2, -0.15) is 0 Å². The Morgan fingerprint density at radius 1 is 0.879 bits per heavy atom. The van der Waals surface area contributed by atoms with Crippen LogP contribution in [0.25, 0.3) is 21.8 Å². The van der Waals surface area contributed by atoms with Gasteiger partial charge >= 0.3 is 0 Å². The van der Waals surface area contributed by atoms with E-state index >= 15 is 0 Å². The van der Waals surface area contributed by atoms with Crippen molar-refractivity contribution in [3.05, 3.63) is 107 Å². The fourth-order valence-corrected chi connectivity index (χ4v) is 5.19. The summed E-state index contributed by atoms with van der Waals surface area (Å²) < 4.78 is 2.28. The third-order valence-corrected chi connectivity index (χ3v) is 6.85. The SMILES string of the molecule is O=C1CC(c2nc3ccccc3n2Cc2cccc3ccccc23)CN1c1ccccc1Cl. The van der Waals surface area contributed by atoms with Gasteiger partial charge in [-0.15, -0.1) is 0 Å². The minimum atomic E-state index is -0.00357. The van der Waals surface area contributed by atoms with Crippen molar-refractivity contribution in [2.45, 2.75) is 18.9 Å². The van der Waals surface area contributed by atoms with Crippen LogP contribution >= 0.6 is 11.6 Å². The smallest absolute Gasteiger partial charge is 0.227 e. The molecule has 1 aromatic heterocycles. The summed E-state index contributed by atoms with van der Waals surface area (Å²) in [5.74, 6) is 1.03. The molecular weight excluding hydrogens is 430 g/mol. The Labute approximate surface area is 197 Å². The lowest BCUT2D eigenvalue weighted by Crippen LogP contribution is -2.24. The van der Waals surface area contributed by atoms with Crippen LogP contribution in [0.15, 0.2) is 91.0 Å². The van der Waals surface area contributed by atoms with Gasteiger partial charge in [0.05, 0.1) is 21.7 Å². The molecule has 6 rings (SSSR count). The molecule has 4 aromatic carbocycles. The summed E-state index contributed by atoms with van der Waals surface area (Å²) in [5, 5.41) is 3.06. The second kappa shape index (κ2) is 8.05. The molecule has 0 bridgehead atoms. The van der Waals surface area contributed by atoms with Crippen LogP contribution in [0, 0.1) is 0 Å². The van der Waals surface area contributed by atoms with Crippen LogP contribution < -0.4 is 4.90 Å². The lowest BCUT2D eigenvalue weighted by molar-refractivity contribution is -0.117. The molecule has 1 aliphatic rings. The number of imidazole rings is 1. The summed E-state index contributed by atoms with van der Waals surface area (Å²) in [6.07, 6.45) is 0.421. The predicted octanol–water partition coefficient (Wildman–Crippen LogP) is 6.41. The predicted molar refractivity (Wildman–Crippen MR) is 134 cm³/mol. The van der Waals surface area contributed by atoms with Crippen molar-refractivity contribution in [1.29, 1.82) is 0 Å². The number of fused-ring (bicyclic) bond motifs is 2. The Kier molecular flexibility index (Phi) is 4.88. The first-order valence-electron chi connectivity index (χ1n) is 11.2. The number of carbonyl (C=O) groups excluding carboxylic acids is 1. The van der Waals surface area contributed by atoms with Gasteiger partial charge in [-0.25, -0.2) is 4.98 Å². The number of hydrogen-bond acceptors (Lipinski definition) is 2. The summed E-state index contributed by atoms with van der Waals surface area (Å²) in [4.78, 5) is 19.8. The van der Waals surface area contributed by atoms with E-state index in [0.717, 1.165) is 22.5 Å². The first-order chi connectivity index (χ1) is 16.2. The van der Waals surface area contributed by atoms with E-state index in [2.05, 4.69) is 53.1 Å². The van der Waals surface area contributed by atoms with Gasteiger partial charge in [0.2, 0.25) is 5.91 Å². The van der Waals surface area contributed by atoms with E-state index in [-0.39, 0.29) is 11.8 Å². The Balaban J connectivity index is 1.43. The third kappa shape index (κ3) is 3.47. The highest BCUT2D eigenvalue weighted by Crippen LogP contribution is 2.36. The third-order valence-electron chi connectivity index (χ3n) is 6.53. The molecule has 0 aliphatic carbocycles. The number of rotatable bonds is 4. The monoisotopic (exact) mass is 451 g/mol. The number of benzene rings is 4. The van der Waals surface area contributed by atoms with Crippen LogP contribution in [0.3, 0.4) is 0 Å². The number of carbonyl (C=O) groups is 1. The van der Waals surface area contributed by atoms with Crippen molar-refractivity contribution in [2.75, 3.05) is 11.4 Å². The molecule has 33 heavy (non-hydrogen) atoms. The van der Waals surface area contributed by atoms with E-state index in [1.54, 1.807) is 4.90 Å². The molecule has 0 N–H and O–H groups in total. The second-order valence-electron chi connectivity index (χ2n) is 8.54. The summed E-state index contributed by atoms with van der Waals surface area (Å²) in [7, 11) is 0.